The zero-order valence-electron chi connectivity index (χ0n) is 7.48. The van der Waals surface area contributed by atoms with Crippen LogP contribution in [0.1, 0.15) is 5.56 Å². The number of rotatable bonds is 1. The highest BCUT2D eigenvalue weighted by atomic mass is 32.1. The van der Waals surface area contributed by atoms with E-state index in [1.807, 2.05) is 6.07 Å². The van der Waals surface area contributed by atoms with E-state index in [4.69, 9.17) is 0 Å². The molecule has 0 bridgehead atoms. The lowest BCUT2D eigenvalue weighted by Gasteiger charge is -2.19. The first-order valence-corrected chi connectivity index (χ1v) is 4.59. The van der Waals surface area contributed by atoms with Crippen LogP contribution in [0.15, 0.2) is 40.3 Å². The molecule has 0 fully saturated rings. The Morgan fingerprint density at radius 3 is 2.60 bits per heavy atom. The molecule has 78 valence electrons. The third-order valence-electron chi connectivity index (χ3n) is 1.87. The topological polar surface area (TPSA) is 27.6 Å². The van der Waals surface area contributed by atoms with Crippen molar-refractivity contribution in [2.45, 2.75) is 0 Å². The monoisotopic (exact) mass is 227 g/mol. The van der Waals surface area contributed by atoms with Gasteiger partial charge >= 0.3 is 0 Å². The molecule has 15 heavy (non-hydrogen) atoms. The van der Waals surface area contributed by atoms with Gasteiger partial charge in [-0.3, -0.25) is 5.43 Å². The molecule has 2 rings (SSSR count). The first kappa shape index (κ1) is 9.97. The summed E-state index contributed by atoms with van der Waals surface area (Å²) in [6, 6.07) is 8.76. The van der Waals surface area contributed by atoms with Gasteiger partial charge in [0.2, 0.25) is 0 Å². The summed E-state index contributed by atoms with van der Waals surface area (Å²) in [6.07, 6.45) is 0. The van der Waals surface area contributed by atoms with Crippen molar-refractivity contribution in [3.8, 4) is 0 Å². The molecule has 1 aromatic rings. The van der Waals surface area contributed by atoms with Crippen molar-refractivity contribution in [2.24, 2.45) is 5.10 Å². The molecule has 0 atom stereocenters. The molecule has 1 heterocycles. The highest BCUT2D eigenvalue weighted by molar-refractivity contribution is 7.85. The van der Waals surface area contributed by atoms with Gasteiger partial charge in [0.25, 0.3) is 5.97 Å². The molecule has 0 unspecified atom stereocenters. The first-order valence-electron chi connectivity index (χ1n) is 4.14. The van der Waals surface area contributed by atoms with E-state index in [2.05, 4.69) is 23.2 Å². The zero-order chi connectivity index (χ0) is 10.8. The lowest BCUT2D eigenvalue weighted by Crippen LogP contribution is -2.30. The molecule has 1 N–H and O–H groups in total. The van der Waals surface area contributed by atoms with E-state index in [9.17, 15) is 8.87 Å². The number of thiol groups is 1. The second-order valence-electron chi connectivity index (χ2n) is 2.85. The van der Waals surface area contributed by atoms with Crippen LogP contribution in [0.3, 0.4) is 0 Å². The van der Waals surface area contributed by atoms with E-state index < -0.39 is 5.97 Å². The molecule has 0 aliphatic carbocycles. The smallest absolute Gasteiger partial charge is 0.251 e. The Kier molecular flexibility index (Phi) is 2.59. The number of hydrogen-bond acceptors (Lipinski definition) is 4. The third kappa shape index (κ3) is 1.94. The number of halogens is 2. The summed E-state index contributed by atoms with van der Waals surface area (Å²) in [4.78, 5) is -0.0184. The van der Waals surface area contributed by atoms with Crippen molar-refractivity contribution in [2.75, 3.05) is 0 Å². The molecule has 6 heteroatoms. The fourth-order valence-corrected chi connectivity index (χ4v) is 1.43. The van der Waals surface area contributed by atoms with Crippen LogP contribution in [0.4, 0.5) is 8.87 Å². The predicted octanol–water partition coefficient (Wildman–Crippen LogP) is 2.27. The largest absolute Gasteiger partial charge is 0.251 e. The number of hydrogen-bond donors (Lipinski definition) is 2. The normalized spacial score (nSPS) is 16.2. The van der Waals surface area contributed by atoms with Crippen molar-refractivity contribution in [1.82, 2.24) is 10.8 Å². The Labute approximate surface area is 90.4 Å². The highest BCUT2D eigenvalue weighted by Crippen LogP contribution is 2.24. The number of allylic oxidation sites excluding steroid dienone is 1. The molecule has 0 amide bonds. The fourth-order valence-electron chi connectivity index (χ4n) is 1.20. The van der Waals surface area contributed by atoms with Crippen molar-refractivity contribution in [3.63, 3.8) is 0 Å². The maximum absolute atomic E-state index is 13.1. The van der Waals surface area contributed by atoms with Gasteiger partial charge < -0.3 is 0 Å². The summed E-state index contributed by atoms with van der Waals surface area (Å²) < 4.78 is 25.8. The molecule has 3 nitrogen and oxygen atoms in total. The first-order chi connectivity index (χ1) is 7.18. The minimum absolute atomic E-state index is 0.0184. The molecular formula is C9H7F2N3S. The molecule has 0 aromatic heterocycles. The summed E-state index contributed by atoms with van der Waals surface area (Å²) in [6.45, 7) is 0. The van der Waals surface area contributed by atoms with E-state index in [-0.39, 0.29) is 15.9 Å². The highest BCUT2D eigenvalue weighted by Gasteiger charge is 2.20. The Morgan fingerprint density at radius 1 is 1.27 bits per heavy atom. The molecule has 1 aromatic carbocycles. The standard InChI is InChI=1S/C9H7F2N3S/c10-9-8(15)7(12-14(11)13-9)6-4-2-1-3-5-6/h1-5,12,15H. The van der Waals surface area contributed by atoms with Crippen LogP contribution in [-0.2, 0) is 0 Å². The van der Waals surface area contributed by atoms with E-state index in [1.54, 1.807) is 24.3 Å². The second kappa shape index (κ2) is 3.90. The lowest BCUT2D eigenvalue weighted by molar-refractivity contribution is -0.0106. The van der Waals surface area contributed by atoms with Gasteiger partial charge in [-0.1, -0.05) is 39.9 Å². The minimum atomic E-state index is -0.960. The Balaban J connectivity index is 2.45. The molecule has 1 aliphatic rings. The van der Waals surface area contributed by atoms with Gasteiger partial charge in [0, 0.05) is 5.56 Å². The van der Waals surface area contributed by atoms with Crippen LogP contribution in [0.25, 0.3) is 5.70 Å². The Morgan fingerprint density at radius 2 is 1.93 bits per heavy atom. The fraction of sp³-hybridized carbons (Fsp3) is 0. The summed E-state index contributed by atoms with van der Waals surface area (Å²) in [7, 11) is 0. The van der Waals surface area contributed by atoms with Crippen LogP contribution in [0, 0.1) is 0 Å². The van der Waals surface area contributed by atoms with E-state index in [0.717, 1.165) is 0 Å². The number of hydrazine groups is 1. The zero-order valence-corrected chi connectivity index (χ0v) is 8.38. The van der Waals surface area contributed by atoms with Crippen LogP contribution < -0.4 is 5.43 Å². The van der Waals surface area contributed by atoms with Crippen molar-refractivity contribution >= 4 is 24.3 Å². The second-order valence-corrected chi connectivity index (χ2v) is 3.30. The Bertz CT molecular complexity index is 430. The van der Waals surface area contributed by atoms with Gasteiger partial charge in [-0.25, -0.2) is 0 Å². The summed E-state index contributed by atoms with van der Waals surface area (Å²) in [5.41, 5.74) is 3.13. The minimum Gasteiger partial charge on any atom is -0.251 e. The summed E-state index contributed by atoms with van der Waals surface area (Å²) in [5.74, 6) is -0.960. The average molecular weight is 227 g/mol. The Hall–Kier alpha value is -1.56. The van der Waals surface area contributed by atoms with Crippen LogP contribution >= 0.6 is 12.6 Å². The molecule has 0 saturated heterocycles. The number of benzene rings is 1. The molecule has 0 saturated carbocycles. The summed E-state index contributed by atoms with van der Waals surface area (Å²) in [5, 5.41) is 2.73. The SMILES string of the molecule is FC1=NN(F)NC(c2ccccc2)=C1S. The third-order valence-corrected chi connectivity index (χ3v) is 2.28. The molecule has 1 aliphatic heterocycles. The number of nitrogens with zero attached hydrogens (tertiary/aromatic N) is 2. The van der Waals surface area contributed by atoms with Gasteiger partial charge in [-0.2, -0.15) is 4.39 Å². The maximum atomic E-state index is 13.1. The lowest BCUT2D eigenvalue weighted by atomic mass is 10.1. The van der Waals surface area contributed by atoms with Gasteiger partial charge in [0.15, 0.2) is 0 Å². The van der Waals surface area contributed by atoms with Crippen LogP contribution in [-0.4, -0.2) is 11.3 Å². The number of hydrazone groups is 1. The van der Waals surface area contributed by atoms with E-state index in [0.29, 0.717) is 5.56 Å². The van der Waals surface area contributed by atoms with Gasteiger partial charge in [-0.05, 0) is 5.34 Å². The van der Waals surface area contributed by atoms with Crippen LogP contribution in [0.2, 0.25) is 0 Å². The molecule has 0 radical (unpaired) electrons. The molecular weight excluding hydrogens is 220 g/mol. The predicted molar refractivity (Wildman–Crippen MR) is 57.0 cm³/mol. The quantitative estimate of drug-likeness (QED) is 0.569. The van der Waals surface area contributed by atoms with E-state index >= 15 is 0 Å². The van der Waals surface area contributed by atoms with Crippen molar-refractivity contribution in [1.29, 1.82) is 0 Å². The van der Waals surface area contributed by atoms with Gasteiger partial charge in [0.1, 0.15) is 0 Å². The van der Waals surface area contributed by atoms with Crippen LogP contribution in [0.5, 0.6) is 0 Å². The maximum Gasteiger partial charge on any atom is 0.251 e. The van der Waals surface area contributed by atoms with E-state index in [1.165, 1.54) is 0 Å². The van der Waals surface area contributed by atoms with Gasteiger partial charge in [-0.15, -0.1) is 12.6 Å². The average Bonchev–Trinajstić information content (AvgIpc) is 2.24. The summed E-state index contributed by atoms with van der Waals surface area (Å²) >= 11 is 3.92. The van der Waals surface area contributed by atoms with Gasteiger partial charge in [0.05, 0.1) is 10.6 Å². The number of nitrogens with one attached hydrogen (secondary N) is 1. The van der Waals surface area contributed by atoms with Crippen molar-refractivity contribution in [3.05, 3.63) is 40.8 Å². The molecule has 0 spiro atoms. The van der Waals surface area contributed by atoms with Crippen molar-refractivity contribution < 1.29 is 8.87 Å².